The van der Waals surface area contributed by atoms with Crippen LogP contribution in [-0.4, -0.2) is 36.3 Å². The van der Waals surface area contributed by atoms with Gasteiger partial charge in [0.2, 0.25) is 5.56 Å². The third-order valence-corrected chi connectivity index (χ3v) is 8.67. The number of hydrogen-bond acceptors (Lipinski definition) is 7. The largest absolute Gasteiger partial charge is 0.381 e. The number of benzene rings is 2. The Morgan fingerprint density at radius 3 is 2.74 bits per heavy atom. The zero-order chi connectivity index (χ0) is 23.6. The second-order valence-corrected chi connectivity index (χ2v) is 10.6. The predicted molar refractivity (Wildman–Crippen MR) is 142 cm³/mol. The predicted octanol–water partition coefficient (Wildman–Crippen LogP) is 5.50. The van der Waals surface area contributed by atoms with Gasteiger partial charge in [-0.25, -0.2) is 0 Å². The number of anilines is 2. The second-order valence-electron chi connectivity index (χ2n) is 8.43. The maximum absolute atomic E-state index is 12.6. The highest BCUT2D eigenvalue weighted by Gasteiger charge is 2.22. The zero-order valence-electron chi connectivity index (χ0n) is 19.0. The Bertz CT molecular complexity index is 1420. The molecule has 0 unspecified atom stereocenters. The first-order valence-electron chi connectivity index (χ1n) is 11.6. The molecule has 4 heterocycles. The third-order valence-electron chi connectivity index (χ3n) is 6.07. The number of aromatic amines is 1. The van der Waals surface area contributed by atoms with Crippen molar-refractivity contribution in [1.29, 1.82) is 0 Å². The molecule has 0 atom stereocenters. The number of nitrogens with one attached hydrogen (secondary N) is 2. The minimum Gasteiger partial charge on any atom is -0.381 e. The van der Waals surface area contributed by atoms with E-state index in [0.717, 1.165) is 47.8 Å². The molecule has 0 bridgehead atoms. The first kappa shape index (κ1) is 22.3. The summed E-state index contributed by atoms with van der Waals surface area (Å²) in [6, 6.07) is 20.6. The van der Waals surface area contributed by atoms with Gasteiger partial charge in [0, 0.05) is 74.6 Å². The highest BCUT2D eigenvalue weighted by atomic mass is 32.2. The van der Waals surface area contributed by atoms with E-state index in [0.29, 0.717) is 13.2 Å². The van der Waals surface area contributed by atoms with Crippen LogP contribution in [0.3, 0.4) is 0 Å². The number of pyridine rings is 2. The Kier molecular flexibility index (Phi) is 6.24. The first-order valence-corrected chi connectivity index (χ1v) is 13.2. The lowest BCUT2D eigenvalue weighted by Crippen LogP contribution is -2.36. The van der Waals surface area contributed by atoms with Crippen LogP contribution >= 0.6 is 23.5 Å². The molecule has 2 aromatic carbocycles. The zero-order valence-corrected chi connectivity index (χ0v) is 20.6. The van der Waals surface area contributed by atoms with Crippen LogP contribution in [0, 0.1) is 0 Å². The van der Waals surface area contributed by atoms with E-state index in [2.05, 4.69) is 68.7 Å². The highest BCUT2D eigenvalue weighted by Crippen LogP contribution is 2.52. The molecular weight excluding hydrogens is 476 g/mol. The van der Waals surface area contributed by atoms with Crippen LogP contribution in [0.1, 0.15) is 5.56 Å². The van der Waals surface area contributed by atoms with Gasteiger partial charge in [-0.15, -0.1) is 0 Å². The standard InChI is InChI=1S/C27H24N4O2S2/c32-26-15-20(31-9-11-33-12-10-31)14-22(30-26)21-4-1-5-24-27(21)35-23-7-6-19(13-25(23)34-24)29-17-18-3-2-8-28-16-18/h1-8,13-16,29H,9-12,17H2,(H,30,32). The van der Waals surface area contributed by atoms with Crippen molar-refractivity contribution in [2.45, 2.75) is 26.1 Å². The van der Waals surface area contributed by atoms with Gasteiger partial charge in [0.25, 0.3) is 0 Å². The fourth-order valence-corrected chi connectivity index (χ4v) is 6.72. The number of aromatic nitrogens is 2. The van der Waals surface area contributed by atoms with Crippen molar-refractivity contribution in [2.75, 3.05) is 36.5 Å². The van der Waals surface area contributed by atoms with Crippen molar-refractivity contribution in [2.24, 2.45) is 0 Å². The summed E-state index contributed by atoms with van der Waals surface area (Å²) in [5, 5.41) is 3.50. The number of fused-ring (bicyclic) bond motifs is 2. The molecule has 35 heavy (non-hydrogen) atoms. The van der Waals surface area contributed by atoms with Gasteiger partial charge in [0.05, 0.1) is 18.9 Å². The van der Waals surface area contributed by atoms with E-state index >= 15 is 0 Å². The summed E-state index contributed by atoms with van der Waals surface area (Å²) in [4.78, 5) is 26.8. The van der Waals surface area contributed by atoms with Gasteiger partial charge in [-0.05, 0) is 42.0 Å². The number of rotatable bonds is 5. The van der Waals surface area contributed by atoms with Crippen molar-refractivity contribution in [3.8, 4) is 11.3 Å². The smallest absolute Gasteiger partial charge is 0.250 e. The number of morpholine rings is 1. The van der Waals surface area contributed by atoms with E-state index in [4.69, 9.17) is 4.74 Å². The van der Waals surface area contributed by atoms with E-state index in [9.17, 15) is 4.79 Å². The van der Waals surface area contributed by atoms with Crippen LogP contribution in [0.25, 0.3) is 11.3 Å². The molecule has 0 radical (unpaired) electrons. The Morgan fingerprint density at radius 2 is 1.89 bits per heavy atom. The molecule has 176 valence electrons. The molecule has 6 rings (SSSR count). The summed E-state index contributed by atoms with van der Waals surface area (Å²) in [5.41, 5.74) is 5.00. The second kappa shape index (κ2) is 9.81. The highest BCUT2D eigenvalue weighted by molar-refractivity contribution is 8.05. The minimum absolute atomic E-state index is 0.0835. The van der Waals surface area contributed by atoms with E-state index in [1.807, 2.05) is 12.3 Å². The average molecular weight is 501 g/mol. The van der Waals surface area contributed by atoms with E-state index in [1.54, 1.807) is 35.8 Å². The Labute approximate surface area is 212 Å². The fraction of sp³-hybridized carbons (Fsp3) is 0.185. The molecule has 0 aliphatic carbocycles. The fourth-order valence-electron chi connectivity index (χ4n) is 4.31. The van der Waals surface area contributed by atoms with Crippen molar-refractivity contribution < 1.29 is 4.74 Å². The lowest BCUT2D eigenvalue weighted by Gasteiger charge is -2.29. The van der Waals surface area contributed by atoms with Crippen molar-refractivity contribution in [1.82, 2.24) is 9.97 Å². The molecule has 0 amide bonds. The van der Waals surface area contributed by atoms with Crippen LogP contribution in [0.2, 0.25) is 0 Å². The normalized spacial score (nSPS) is 14.8. The first-order chi connectivity index (χ1) is 17.2. The Balaban J connectivity index is 1.27. The number of nitrogens with zero attached hydrogens (tertiary/aromatic N) is 2. The maximum Gasteiger partial charge on any atom is 0.250 e. The summed E-state index contributed by atoms with van der Waals surface area (Å²) in [5.74, 6) is 0. The third kappa shape index (κ3) is 4.82. The van der Waals surface area contributed by atoms with Crippen LogP contribution in [-0.2, 0) is 11.3 Å². The Morgan fingerprint density at radius 1 is 0.971 bits per heavy atom. The molecule has 0 saturated carbocycles. The van der Waals surface area contributed by atoms with Crippen LogP contribution < -0.4 is 15.8 Å². The summed E-state index contributed by atoms with van der Waals surface area (Å²) in [6.07, 6.45) is 3.67. The van der Waals surface area contributed by atoms with Gasteiger partial charge in [-0.2, -0.15) is 0 Å². The van der Waals surface area contributed by atoms with Gasteiger partial charge in [-0.1, -0.05) is 41.7 Å². The van der Waals surface area contributed by atoms with Gasteiger partial charge in [-0.3, -0.25) is 9.78 Å². The van der Waals surface area contributed by atoms with Crippen LogP contribution in [0.4, 0.5) is 11.4 Å². The Hall–Kier alpha value is -3.20. The molecular formula is C27H24N4O2S2. The molecule has 2 N–H and O–H groups in total. The molecule has 2 aliphatic heterocycles. The van der Waals surface area contributed by atoms with Crippen LogP contribution in [0.15, 0.2) is 97.4 Å². The molecule has 0 spiro atoms. The number of H-pyrrole nitrogens is 1. The number of ether oxygens (including phenoxy) is 1. The molecule has 6 nitrogen and oxygen atoms in total. The molecule has 2 aromatic heterocycles. The number of hydrogen-bond donors (Lipinski definition) is 2. The van der Waals surface area contributed by atoms with E-state index in [-0.39, 0.29) is 5.56 Å². The van der Waals surface area contributed by atoms with Gasteiger partial charge in [0.15, 0.2) is 0 Å². The molecule has 1 saturated heterocycles. The van der Waals surface area contributed by atoms with Gasteiger partial charge < -0.3 is 19.9 Å². The van der Waals surface area contributed by atoms with Gasteiger partial charge in [0.1, 0.15) is 0 Å². The summed E-state index contributed by atoms with van der Waals surface area (Å²) in [7, 11) is 0. The molecule has 4 aromatic rings. The maximum atomic E-state index is 12.6. The van der Waals surface area contributed by atoms with Crippen molar-refractivity contribution >= 4 is 34.9 Å². The van der Waals surface area contributed by atoms with Gasteiger partial charge >= 0.3 is 0 Å². The lowest BCUT2D eigenvalue weighted by molar-refractivity contribution is 0.122. The molecule has 1 fully saturated rings. The summed E-state index contributed by atoms with van der Waals surface area (Å²) < 4.78 is 5.48. The minimum atomic E-state index is -0.0835. The van der Waals surface area contributed by atoms with Crippen molar-refractivity contribution in [3.63, 3.8) is 0 Å². The quantitative estimate of drug-likeness (QED) is 0.330. The average Bonchev–Trinajstić information content (AvgIpc) is 2.91. The summed E-state index contributed by atoms with van der Waals surface area (Å²) in [6.45, 7) is 3.70. The topological polar surface area (TPSA) is 70.2 Å². The lowest BCUT2D eigenvalue weighted by atomic mass is 10.1. The SMILES string of the molecule is O=c1cc(N2CCOCC2)cc(-c2cccc3c2Sc2ccc(NCc4cccnc4)cc2S3)[nH]1. The summed E-state index contributed by atoms with van der Waals surface area (Å²) >= 11 is 3.53. The van der Waals surface area contributed by atoms with E-state index < -0.39 is 0 Å². The molecule has 8 heteroatoms. The molecule has 2 aliphatic rings. The van der Waals surface area contributed by atoms with Crippen LogP contribution in [0.5, 0.6) is 0 Å². The monoisotopic (exact) mass is 500 g/mol. The van der Waals surface area contributed by atoms with Crippen molar-refractivity contribution in [3.05, 3.63) is 89.0 Å². The van der Waals surface area contributed by atoms with E-state index in [1.165, 1.54) is 19.6 Å².